The lowest BCUT2D eigenvalue weighted by atomic mass is 10.1. The zero-order valence-corrected chi connectivity index (χ0v) is 16.8. The van der Waals surface area contributed by atoms with E-state index in [1.54, 1.807) is 0 Å². The molecule has 2 fully saturated rings. The van der Waals surface area contributed by atoms with Crippen molar-refractivity contribution in [1.29, 1.82) is 0 Å². The standard InChI is InChI=1S/C20H32N2.C2H2O4/c1-2-7-13-20(12-6-1)22-17-15-21(16-18-22)14-8-11-19-9-4-3-5-10-19;3-1(4)2(5)6/h3-5,9-10,20H,1-2,6-8,11-18H2;(H,3,4)(H,5,6). The lowest BCUT2D eigenvalue weighted by Crippen LogP contribution is -2.50. The molecule has 6 heteroatoms. The minimum Gasteiger partial charge on any atom is -0.473 e. The maximum absolute atomic E-state index is 9.10. The van der Waals surface area contributed by atoms with Gasteiger partial charge in [-0.25, -0.2) is 9.59 Å². The van der Waals surface area contributed by atoms with Crippen LogP contribution in [0, 0.1) is 0 Å². The van der Waals surface area contributed by atoms with Gasteiger partial charge in [-0.1, -0.05) is 56.0 Å². The van der Waals surface area contributed by atoms with Crippen LogP contribution in [0.3, 0.4) is 0 Å². The fourth-order valence-corrected chi connectivity index (χ4v) is 4.13. The fourth-order valence-electron chi connectivity index (χ4n) is 4.13. The Balaban J connectivity index is 0.000000409. The van der Waals surface area contributed by atoms with E-state index in [4.69, 9.17) is 19.8 Å². The summed E-state index contributed by atoms with van der Waals surface area (Å²) < 4.78 is 0. The molecule has 1 aromatic carbocycles. The summed E-state index contributed by atoms with van der Waals surface area (Å²) in [5.74, 6) is -3.65. The van der Waals surface area contributed by atoms with Crippen LogP contribution in [-0.4, -0.2) is 70.7 Å². The Bertz CT molecular complexity index is 565. The Hall–Kier alpha value is -1.92. The molecule has 156 valence electrons. The fraction of sp³-hybridized carbons (Fsp3) is 0.636. The molecule has 3 rings (SSSR count). The molecule has 28 heavy (non-hydrogen) atoms. The van der Waals surface area contributed by atoms with E-state index in [1.807, 2.05) is 0 Å². The van der Waals surface area contributed by atoms with Gasteiger partial charge in [-0.05, 0) is 37.8 Å². The number of carboxylic acid groups (broad SMARTS) is 2. The maximum Gasteiger partial charge on any atom is 0.414 e. The van der Waals surface area contributed by atoms with Crippen molar-refractivity contribution in [1.82, 2.24) is 9.80 Å². The number of aryl methyl sites for hydroxylation is 1. The van der Waals surface area contributed by atoms with E-state index >= 15 is 0 Å². The van der Waals surface area contributed by atoms with Gasteiger partial charge in [-0.2, -0.15) is 0 Å². The Kier molecular flexibility index (Phi) is 10.0. The van der Waals surface area contributed by atoms with E-state index < -0.39 is 11.9 Å². The van der Waals surface area contributed by atoms with Crippen molar-refractivity contribution in [3.63, 3.8) is 0 Å². The lowest BCUT2D eigenvalue weighted by Gasteiger charge is -2.39. The highest BCUT2D eigenvalue weighted by atomic mass is 16.4. The highest BCUT2D eigenvalue weighted by molar-refractivity contribution is 6.27. The second kappa shape index (κ2) is 12.5. The first-order chi connectivity index (χ1) is 13.6. The van der Waals surface area contributed by atoms with Gasteiger partial charge in [0.25, 0.3) is 0 Å². The van der Waals surface area contributed by atoms with E-state index in [9.17, 15) is 0 Å². The summed E-state index contributed by atoms with van der Waals surface area (Å²) in [5.41, 5.74) is 1.49. The van der Waals surface area contributed by atoms with Crippen LogP contribution >= 0.6 is 0 Å². The second-order valence-corrected chi connectivity index (χ2v) is 7.72. The molecule has 2 aliphatic rings. The van der Waals surface area contributed by atoms with E-state index in [-0.39, 0.29) is 0 Å². The van der Waals surface area contributed by atoms with E-state index in [0.717, 1.165) is 6.04 Å². The normalized spacial score (nSPS) is 19.3. The zero-order valence-electron chi connectivity index (χ0n) is 16.8. The van der Waals surface area contributed by atoms with Crippen LogP contribution in [-0.2, 0) is 16.0 Å². The summed E-state index contributed by atoms with van der Waals surface area (Å²) in [6.45, 7) is 6.44. The van der Waals surface area contributed by atoms with Crippen molar-refractivity contribution in [2.24, 2.45) is 0 Å². The molecule has 0 bridgehead atoms. The molecule has 0 amide bonds. The minimum atomic E-state index is -1.82. The highest BCUT2D eigenvalue weighted by Gasteiger charge is 2.24. The predicted molar refractivity (Wildman–Crippen MR) is 110 cm³/mol. The number of carbonyl (C=O) groups is 2. The molecule has 0 radical (unpaired) electrons. The third-order valence-corrected chi connectivity index (χ3v) is 5.71. The lowest BCUT2D eigenvalue weighted by molar-refractivity contribution is -0.159. The van der Waals surface area contributed by atoms with Crippen LogP contribution in [0.4, 0.5) is 0 Å². The zero-order chi connectivity index (χ0) is 20.2. The smallest absolute Gasteiger partial charge is 0.414 e. The predicted octanol–water partition coefficient (Wildman–Crippen LogP) is 3.12. The first-order valence-corrected chi connectivity index (χ1v) is 10.5. The minimum absolute atomic E-state index is 0.897. The van der Waals surface area contributed by atoms with E-state index in [0.29, 0.717) is 0 Å². The molecule has 1 saturated carbocycles. The first-order valence-electron chi connectivity index (χ1n) is 10.5. The van der Waals surface area contributed by atoms with Crippen LogP contribution in [0.1, 0.15) is 50.5 Å². The van der Waals surface area contributed by atoms with Crippen molar-refractivity contribution in [3.05, 3.63) is 35.9 Å². The summed E-state index contributed by atoms with van der Waals surface area (Å²) in [6, 6.07) is 11.8. The number of aliphatic carboxylic acids is 2. The van der Waals surface area contributed by atoms with Gasteiger partial charge >= 0.3 is 11.9 Å². The highest BCUT2D eigenvalue weighted by Crippen LogP contribution is 2.22. The van der Waals surface area contributed by atoms with Gasteiger partial charge in [0.05, 0.1) is 0 Å². The van der Waals surface area contributed by atoms with Gasteiger partial charge in [0.1, 0.15) is 0 Å². The van der Waals surface area contributed by atoms with Gasteiger partial charge < -0.3 is 15.1 Å². The number of piperazine rings is 1. The van der Waals surface area contributed by atoms with Gasteiger partial charge in [0, 0.05) is 32.2 Å². The molecule has 1 saturated heterocycles. The molecular weight excluding hydrogens is 356 g/mol. The summed E-state index contributed by atoms with van der Waals surface area (Å²) in [5, 5.41) is 14.8. The summed E-state index contributed by atoms with van der Waals surface area (Å²) in [4.78, 5) is 23.7. The summed E-state index contributed by atoms with van der Waals surface area (Å²) in [7, 11) is 0. The first kappa shape index (κ1) is 22.4. The largest absolute Gasteiger partial charge is 0.473 e. The average molecular weight is 391 g/mol. The number of carboxylic acids is 2. The number of rotatable bonds is 5. The summed E-state index contributed by atoms with van der Waals surface area (Å²) in [6.07, 6.45) is 11.3. The molecule has 0 spiro atoms. The maximum atomic E-state index is 9.10. The van der Waals surface area contributed by atoms with E-state index in [1.165, 1.54) is 89.7 Å². The third-order valence-electron chi connectivity index (χ3n) is 5.71. The average Bonchev–Trinajstić information content (AvgIpc) is 2.99. The third kappa shape index (κ3) is 8.40. The van der Waals surface area contributed by atoms with Gasteiger partial charge in [0.15, 0.2) is 0 Å². The quantitative estimate of drug-likeness (QED) is 0.594. The van der Waals surface area contributed by atoms with Gasteiger partial charge in [-0.15, -0.1) is 0 Å². The van der Waals surface area contributed by atoms with Crippen molar-refractivity contribution in [2.75, 3.05) is 32.7 Å². The van der Waals surface area contributed by atoms with Crippen molar-refractivity contribution < 1.29 is 19.8 Å². The number of hydrogen-bond donors (Lipinski definition) is 2. The molecule has 2 N–H and O–H groups in total. The van der Waals surface area contributed by atoms with Crippen LogP contribution < -0.4 is 0 Å². The Morgan fingerprint density at radius 1 is 0.857 bits per heavy atom. The molecule has 1 aliphatic heterocycles. The molecule has 0 unspecified atom stereocenters. The van der Waals surface area contributed by atoms with Crippen LogP contribution in [0.25, 0.3) is 0 Å². The molecule has 1 aliphatic carbocycles. The summed E-state index contributed by atoms with van der Waals surface area (Å²) >= 11 is 0. The second-order valence-electron chi connectivity index (χ2n) is 7.72. The monoisotopic (exact) mass is 390 g/mol. The molecule has 6 nitrogen and oxygen atoms in total. The molecule has 0 atom stereocenters. The Labute approximate surface area is 168 Å². The molecular formula is C22H34N2O4. The topological polar surface area (TPSA) is 81.1 Å². The Morgan fingerprint density at radius 3 is 1.96 bits per heavy atom. The molecule has 1 heterocycles. The number of nitrogens with zero attached hydrogens (tertiary/aromatic N) is 2. The van der Waals surface area contributed by atoms with Crippen LogP contribution in [0.2, 0.25) is 0 Å². The van der Waals surface area contributed by atoms with Crippen molar-refractivity contribution in [2.45, 2.75) is 57.4 Å². The van der Waals surface area contributed by atoms with E-state index in [2.05, 4.69) is 40.1 Å². The van der Waals surface area contributed by atoms with Crippen LogP contribution in [0.5, 0.6) is 0 Å². The molecule has 1 aromatic rings. The molecule has 0 aromatic heterocycles. The number of hydrogen-bond acceptors (Lipinski definition) is 4. The van der Waals surface area contributed by atoms with Gasteiger partial charge in [-0.3, -0.25) is 4.90 Å². The van der Waals surface area contributed by atoms with Crippen LogP contribution in [0.15, 0.2) is 30.3 Å². The van der Waals surface area contributed by atoms with Crippen molar-refractivity contribution in [3.8, 4) is 0 Å². The number of benzene rings is 1. The van der Waals surface area contributed by atoms with Crippen molar-refractivity contribution >= 4 is 11.9 Å². The SMILES string of the molecule is O=C(O)C(=O)O.c1ccc(CCCN2CCN(C3CCCCCC3)CC2)cc1. The Morgan fingerprint density at radius 2 is 1.43 bits per heavy atom. The van der Waals surface area contributed by atoms with Gasteiger partial charge in [0.2, 0.25) is 0 Å².